The second-order valence-corrected chi connectivity index (χ2v) is 8.40. The van der Waals surface area contributed by atoms with Gasteiger partial charge in [0.05, 0.1) is 28.5 Å². The second-order valence-electron chi connectivity index (χ2n) is 6.17. The summed E-state index contributed by atoms with van der Waals surface area (Å²) in [5.41, 5.74) is 3.01. The third-order valence-electron chi connectivity index (χ3n) is 4.28. The van der Waals surface area contributed by atoms with Crippen LogP contribution in [0.5, 0.6) is 0 Å². The minimum atomic E-state index is -2.92. The molecule has 1 aliphatic heterocycles. The molecule has 2 heterocycles. The van der Waals surface area contributed by atoms with E-state index >= 15 is 0 Å². The Kier molecular flexibility index (Phi) is 4.66. The molecule has 1 fully saturated rings. The number of hydrogen-bond donors (Lipinski definition) is 1. The lowest BCUT2D eigenvalue weighted by Crippen LogP contribution is -2.30. The number of nitrogens with one attached hydrogen (secondary N) is 1. The molecule has 0 unspecified atom stereocenters. The number of carbonyl (C=O) groups is 1. The molecule has 1 atom stereocenters. The van der Waals surface area contributed by atoms with Crippen LogP contribution in [0.2, 0.25) is 0 Å². The number of hydrogen-bond acceptors (Lipinski definition) is 4. The number of aromatic nitrogens is 1. The van der Waals surface area contributed by atoms with Crippen molar-refractivity contribution in [1.82, 2.24) is 10.3 Å². The average molecular weight is 344 g/mol. The summed E-state index contributed by atoms with van der Waals surface area (Å²) in [7, 11) is -2.92. The minimum absolute atomic E-state index is 0.0100. The van der Waals surface area contributed by atoms with Crippen molar-refractivity contribution in [2.24, 2.45) is 5.92 Å². The maximum absolute atomic E-state index is 12.3. The van der Waals surface area contributed by atoms with Crippen LogP contribution in [0.4, 0.5) is 0 Å². The molecule has 1 aromatic carbocycles. The van der Waals surface area contributed by atoms with E-state index in [2.05, 4.69) is 10.3 Å². The molecule has 5 nitrogen and oxygen atoms in total. The van der Waals surface area contributed by atoms with E-state index in [1.165, 1.54) is 0 Å². The van der Waals surface area contributed by atoms with Gasteiger partial charge in [-0.25, -0.2) is 8.42 Å². The fourth-order valence-electron chi connectivity index (χ4n) is 2.94. The highest BCUT2D eigenvalue weighted by Crippen LogP contribution is 2.20. The van der Waals surface area contributed by atoms with Gasteiger partial charge in [-0.05, 0) is 31.4 Å². The fourth-order valence-corrected chi connectivity index (χ4v) is 4.80. The Morgan fingerprint density at radius 2 is 1.96 bits per heavy atom. The van der Waals surface area contributed by atoms with Gasteiger partial charge in [0.1, 0.15) is 0 Å². The maximum atomic E-state index is 12.3. The maximum Gasteiger partial charge on any atom is 0.253 e. The van der Waals surface area contributed by atoms with Crippen molar-refractivity contribution in [2.45, 2.75) is 13.3 Å². The Morgan fingerprint density at radius 3 is 2.58 bits per heavy atom. The lowest BCUT2D eigenvalue weighted by atomic mass is 10.1. The van der Waals surface area contributed by atoms with Gasteiger partial charge < -0.3 is 5.32 Å². The Morgan fingerprint density at radius 1 is 1.21 bits per heavy atom. The van der Waals surface area contributed by atoms with Crippen LogP contribution in [0, 0.1) is 12.8 Å². The minimum Gasteiger partial charge on any atom is -0.352 e. The van der Waals surface area contributed by atoms with Crippen LogP contribution in [0.3, 0.4) is 0 Å². The summed E-state index contributed by atoms with van der Waals surface area (Å²) in [6.07, 6.45) is 0.618. The number of pyridine rings is 1. The van der Waals surface area contributed by atoms with Crippen molar-refractivity contribution in [3.05, 3.63) is 53.7 Å². The quantitative estimate of drug-likeness (QED) is 0.923. The molecule has 1 aromatic heterocycles. The first kappa shape index (κ1) is 16.6. The smallest absolute Gasteiger partial charge is 0.253 e. The lowest BCUT2D eigenvalue weighted by Gasteiger charge is -2.11. The molecule has 1 aliphatic rings. The molecule has 3 rings (SSSR count). The number of carbonyl (C=O) groups excluding carboxylic acids is 1. The van der Waals surface area contributed by atoms with Crippen molar-refractivity contribution in [2.75, 3.05) is 18.1 Å². The number of aryl methyl sites for hydroxylation is 1. The van der Waals surface area contributed by atoms with Gasteiger partial charge in [0.15, 0.2) is 9.84 Å². The van der Waals surface area contributed by atoms with Gasteiger partial charge in [-0.15, -0.1) is 0 Å². The molecule has 0 saturated carbocycles. The number of rotatable bonds is 4. The molecular formula is C18H20N2O3S. The number of amides is 1. The van der Waals surface area contributed by atoms with E-state index in [-0.39, 0.29) is 23.3 Å². The highest BCUT2D eigenvalue weighted by atomic mass is 32.2. The molecule has 0 spiro atoms. The zero-order valence-corrected chi connectivity index (χ0v) is 14.3. The van der Waals surface area contributed by atoms with Gasteiger partial charge in [-0.2, -0.15) is 0 Å². The van der Waals surface area contributed by atoms with Gasteiger partial charge in [-0.1, -0.05) is 30.3 Å². The summed E-state index contributed by atoms with van der Waals surface area (Å²) in [5.74, 6) is 0.192. The first-order valence-corrected chi connectivity index (χ1v) is 9.78. The molecule has 0 bridgehead atoms. The van der Waals surface area contributed by atoms with Crippen molar-refractivity contribution in [1.29, 1.82) is 0 Å². The zero-order chi connectivity index (χ0) is 17.2. The average Bonchev–Trinajstić information content (AvgIpc) is 2.92. The highest BCUT2D eigenvalue weighted by molar-refractivity contribution is 7.91. The summed E-state index contributed by atoms with van der Waals surface area (Å²) < 4.78 is 22.9. The van der Waals surface area contributed by atoms with Crippen LogP contribution in [0.1, 0.15) is 22.5 Å². The van der Waals surface area contributed by atoms with Crippen molar-refractivity contribution >= 4 is 15.7 Å². The second kappa shape index (κ2) is 6.73. The Balaban J connectivity index is 1.67. The molecule has 0 aliphatic carbocycles. The molecule has 2 aromatic rings. The number of benzene rings is 1. The lowest BCUT2D eigenvalue weighted by molar-refractivity contribution is 0.0947. The normalized spacial score (nSPS) is 19.1. The van der Waals surface area contributed by atoms with E-state index in [0.29, 0.717) is 24.2 Å². The first-order chi connectivity index (χ1) is 11.4. The number of nitrogens with zero attached hydrogens (tertiary/aromatic N) is 1. The largest absolute Gasteiger partial charge is 0.352 e. The van der Waals surface area contributed by atoms with Crippen molar-refractivity contribution < 1.29 is 13.2 Å². The molecule has 6 heteroatoms. The summed E-state index contributed by atoms with van der Waals surface area (Å²) in [6.45, 7) is 2.19. The van der Waals surface area contributed by atoms with E-state index in [1.807, 2.05) is 36.4 Å². The fraction of sp³-hybridized carbons (Fsp3) is 0.333. The Hall–Kier alpha value is -2.21. The van der Waals surface area contributed by atoms with E-state index < -0.39 is 9.84 Å². The molecule has 24 heavy (non-hydrogen) atoms. The van der Waals surface area contributed by atoms with Crippen LogP contribution >= 0.6 is 0 Å². The third-order valence-corrected chi connectivity index (χ3v) is 6.12. The van der Waals surface area contributed by atoms with Gasteiger partial charge in [-0.3, -0.25) is 9.78 Å². The summed E-state index contributed by atoms with van der Waals surface area (Å²) in [4.78, 5) is 16.8. The van der Waals surface area contributed by atoms with Crippen LogP contribution in [-0.2, 0) is 9.84 Å². The van der Waals surface area contributed by atoms with Crippen LogP contribution < -0.4 is 5.32 Å². The topological polar surface area (TPSA) is 76.1 Å². The molecule has 1 N–H and O–H groups in total. The van der Waals surface area contributed by atoms with Gasteiger partial charge >= 0.3 is 0 Å². The predicted octanol–water partition coefficient (Wildman–Crippen LogP) is 2.22. The van der Waals surface area contributed by atoms with E-state index in [0.717, 1.165) is 11.3 Å². The SMILES string of the molecule is Cc1nc(-c2ccccc2)ccc1C(=O)NC[C@H]1CCS(=O)(=O)C1. The molecule has 0 radical (unpaired) electrons. The molecule has 126 valence electrons. The summed E-state index contributed by atoms with van der Waals surface area (Å²) >= 11 is 0. The molecule has 1 amide bonds. The Bertz CT molecular complexity index is 848. The highest BCUT2D eigenvalue weighted by Gasteiger charge is 2.28. The first-order valence-electron chi connectivity index (χ1n) is 7.96. The van der Waals surface area contributed by atoms with E-state index in [4.69, 9.17) is 0 Å². The summed E-state index contributed by atoms with van der Waals surface area (Å²) in [5, 5.41) is 2.84. The van der Waals surface area contributed by atoms with Gasteiger partial charge in [0, 0.05) is 12.1 Å². The molecule has 1 saturated heterocycles. The van der Waals surface area contributed by atoms with Gasteiger partial charge in [0.2, 0.25) is 0 Å². The Labute approximate surface area is 142 Å². The third kappa shape index (κ3) is 3.82. The van der Waals surface area contributed by atoms with Crippen molar-refractivity contribution in [3.63, 3.8) is 0 Å². The van der Waals surface area contributed by atoms with E-state index in [9.17, 15) is 13.2 Å². The van der Waals surface area contributed by atoms with E-state index in [1.54, 1.807) is 13.0 Å². The van der Waals surface area contributed by atoms with Crippen molar-refractivity contribution in [3.8, 4) is 11.3 Å². The van der Waals surface area contributed by atoms with Gasteiger partial charge in [0.25, 0.3) is 5.91 Å². The standard InChI is InChI=1S/C18H20N2O3S/c1-13-16(7-8-17(20-13)15-5-3-2-4-6-15)18(21)19-11-14-9-10-24(22,23)12-14/h2-8,14H,9-12H2,1H3,(H,19,21)/t14-/m1/s1. The predicted molar refractivity (Wildman–Crippen MR) is 93.5 cm³/mol. The molecular weight excluding hydrogens is 324 g/mol. The van der Waals surface area contributed by atoms with Crippen LogP contribution in [-0.4, -0.2) is 37.4 Å². The van der Waals surface area contributed by atoms with Crippen LogP contribution in [0.25, 0.3) is 11.3 Å². The number of sulfone groups is 1. The monoisotopic (exact) mass is 344 g/mol. The van der Waals surface area contributed by atoms with Crippen LogP contribution in [0.15, 0.2) is 42.5 Å². The summed E-state index contributed by atoms with van der Waals surface area (Å²) in [6, 6.07) is 13.4. The zero-order valence-electron chi connectivity index (χ0n) is 13.5.